The van der Waals surface area contributed by atoms with Crippen LogP contribution in [0.15, 0.2) is 29.8 Å². The molecule has 0 bridgehead atoms. The lowest BCUT2D eigenvalue weighted by molar-refractivity contribution is -0.137. The number of amides is 1. The molecule has 8 heteroatoms. The van der Waals surface area contributed by atoms with Crippen molar-refractivity contribution in [3.05, 3.63) is 45.9 Å². The fourth-order valence-electron chi connectivity index (χ4n) is 3.31. The van der Waals surface area contributed by atoms with Gasteiger partial charge in [0.25, 0.3) is 0 Å². The molecule has 1 amide bonds. The van der Waals surface area contributed by atoms with Gasteiger partial charge in [0.05, 0.1) is 19.7 Å². The van der Waals surface area contributed by atoms with Crippen LogP contribution in [0.3, 0.4) is 0 Å². The molecule has 156 valence electrons. The van der Waals surface area contributed by atoms with E-state index in [2.05, 4.69) is 15.2 Å². The number of ether oxygens (including phenoxy) is 1. The smallest absolute Gasteiger partial charge is 0.303 e. The Hall–Kier alpha value is -2.45. The Morgan fingerprint density at radius 2 is 2.17 bits per heavy atom. The third-order valence-corrected chi connectivity index (χ3v) is 5.52. The van der Waals surface area contributed by atoms with Crippen LogP contribution >= 0.6 is 11.3 Å². The number of benzene rings is 1. The largest absolute Gasteiger partial charge is 0.493 e. The fraction of sp³-hybridized carbons (Fsp3) is 0.476. The number of thiazole rings is 1. The van der Waals surface area contributed by atoms with Crippen LogP contribution in [0, 0.1) is 0 Å². The van der Waals surface area contributed by atoms with E-state index in [0.29, 0.717) is 32.7 Å². The summed E-state index contributed by atoms with van der Waals surface area (Å²) in [5, 5.41) is 14.9. The molecule has 1 aromatic carbocycles. The highest BCUT2D eigenvalue weighted by Gasteiger charge is 2.17. The fourth-order valence-corrected chi connectivity index (χ4v) is 3.97. The van der Waals surface area contributed by atoms with Gasteiger partial charge in [0, 0.05) is 36.7 Å². The number of nitrogens with one attached hydrogen (secondary N) is 1. The molecule has 1 aromatic heterocycles. The second-order valence-corrected chi connectivity index (χ2v) is 8.15. The van der Waals surface area contributed by atoms with Crippen molar-refractivity contribution in [1.29, 1.82) is 0 Å². The number of aliphatic carboxylic acids is 1. The van der Waals surface area contributed by atoms with Crippen LogP contribution in [0.25, 0.3) is 0 Å². The summed E-state index contributed by atoms with van der Waals surface area (Å²) in [6.07, 6.45) is 5.18. The third-order valence-electron chi connectivity index (χ3n) is 4.76. The predicted octanol–water partition coefficient (Wildman–Crippen LogP) is 2.84. The molecule has 0 saturated carbocycles. The van der Waals surface area contributed by atoms with Gasteiger partial charge in [-0.15, -0.1) is 11.3 Å². The van der Waals surface area contributed by atoms with E-state index in [1.165, 1.54) is 0 Å². The van der Waals surface area contributed by atoms with E-state index in [0.717, 1.165) is 41.1 Å². The number of rotatable bonds is 5. The minimum atomic E-state index is -0.813. The van der Waals surface area contributed by atoms with Crippen molar-refractivity contribution in [2.45, 2.75) is 45.2 Å². The molecule has 0 aliphatic carbocycles. The van der Waals surface area contributed by atoms with Gasteiger partial charge in [0.1, 0.15) is 10.8 Å². The van der Waals surface area contributed by atoms with Gasteiger partial charge >= 0.3 is 5.97 Å². The second kappa shape index (κ2) is 10.9. The second-order valence-electron chi connectivity index (χ2n) is 7.17. The molecular formula is C21H27N3O4S. The van der Waals surface area contributed by atoms with Crippen molar-refractivity contribution in [1.82, 2.24) is 15.2 Å². The van der Waals surface area contributed by atoms with E-state index in [1.807, 2.05) is 23.6 Å². The molecular weight excluding hydrogens is 390 g/mol. The van der Waals surface area contributed by atoms with Crippen LogP contribution < -0.4 is 10.1 Å². The Morgan fingerprint density at radius 3 is 2.97 bits per heavy atom. The Labute approximate surface area is 174 Å². The molecule has 0 radical (unpaired) electrons. The summed E-state index contributed by atoms with van der Waals surface area (Å²) in [6.45, 7) is 2.68. The molecule has 29 heavy (non-hydrogen) atoms. The Bertz CT molecular complexity index is 810. The summed E-state index contributed by atoms with van der Waals surface area (Å²) in [7, 11) is 0. The molecule has 3 rings (SSSR count). The van der Waals surface area contributed by atoms with Crippen LogP contribution in [0.1, 0.15) is 41.8 Å². The molecule has 2 aromatic rings. The zero-order valence-corrected chi connectivity index (χ0v) is 17.2. The number of hydrogen-bond acceptors (Lipinski definition) is 6. The number of hydrogen-bond donors (Lipinski definition) is 2. The standard InChI is InChI=1S/C21H27N3O4S/c25-19-14-24(15-20-23-9-11-29-20)13-17-12-16(5-7-21(26)27)4-6-18(17)28-10-3-1-2-8-22-19/h4,6,9,11-12H,1-3,5,7-8,10,13-15H2,(H,22,25)(H,26,27). The molecule has 0 atom stereocenters. The Kier molecular flexibility index (Phi) is 8.01. The molecule has 1 aliphatic rings. The number of fused-ring (bicyclic) bond motifs is 1. The number of aromatic nitrogens is 1. The average molecular weight is 418 g/mol. The highest BCUT2D eigenvalue weighted by atomic mass is 32.1. The van der Waals surface area contributed by atoms with E-state index in [1.54, 1.807) is 17.5 Å². The van der Waals surface area contributed by atoms with Gasteiger partial charge in [-0.3, -0.25) is 14.5 Å². The van der Waals surface area contributed by atoms with Crippen LogP contribution in [0.4, 0.5) is 0 Å². The number of carbonyl (C=O) groups is 2. The van der Waals surface area contributed by atoms with Crippen LogP contribution in [-0.2, 0) is 29.1 Å². The van der Waals surface area contributed by atoms with Gasteiger partial charge in [-0.1, -0.05) is 12.1 Å². The van der Waals surface area contributed by atoms with Gasteiger partial charge in [-0.05, 0) is 37.3 Å². The number of nitrogens with zero attached hydrogens (tertiary/aromatic N) is 2. The van der Waals surface area contributed by atoms with E-state index >= 15 is 0 Å². The number of carboxylic acid groups (broad SMARTS) is 1. The monoisotopic (exact) mass is 417 g/mol. The lowest BCUT2D eigenvalue weighted by Crippen LogP contribution is -2.37. The number of aryl methyl sites for hydroxylation is 1. The van der Waals surface area contributed by atoms with Crippen molar-refractivity contribution in [2.24, 2.45) is 0 Å². The maximum absolute atomic E-state index is 12.4. The average Bonchev–Trinajstić information content (AvgIpc) is 3.19. The normalized spacial score (nSPS) is 16.5. The molecule has 0 unspecified atom stereocenters. The summed E-state index contributed by atoms with van der Waals surface area (Å²) in [6, 6.07) is 5.86. The van der Waals surface area contributed by atoms with E-state index in [9.17, 15) is 9.59 Å². The van der Waals surface area contributed by atoms with Crippen molar-refractivity contribution < 1.29 is 19.4 Å². The van der Waals surface area contributed by atoms with Crippen LogP contribution in [0.5, 0.6) is 5.75 Å². The van der Waals surface area contributed by atoms with Crippen molar-refractivity contribution in [2.75, 3.05) is 19.7 Å². The van der Waals surface area contributed by atoms with Gasteiger partial charge in [-0.25, -0.2) is 4.98 Å². The minimum absolute atomic E-state index is 0.00491. The summed E-state index contributed by atoms with van der Waals surface area (Å²) >= 11 is 1.56. The molecule has 1 aliphatic heterocycles. The maximum Gasteiger partial charge on any atom is 0.303 e. The third kappa shape index (κ3) is 7.14. The van der Waals surface area contributed by atoms with Crippen LogP contribution in [-0.4, -0.2) is 46.6 Å². The lowest BCUT2D eigenvalue weighted by atomic mass is 10.0. The number of carboxylic acids is 1. The SMILES string of the molecule is O=C(O)CCc1ccc2c(c1)CN(Cc1nccs1)CC(=O)NCCCCCO2. The van der Waals surface area contributed by atoms with Crippen molar-refractivity contribution in [3.63, 3.8) is 0 Å². The first-order chi connectivity index (χ1) is 14.1. The summed E-state index contributed by atoms with van der Waals surface area (Å²) < 4.78 is 6.03. The first-order valence-electron chi connectivity index (χ1n) is 9.94. The predicted molar refractivity (Wildman–Crippen MR) is 111 cm³/mol. The highest BCUT2D eigenvalue weighted by molar-refractivity contribution is 7.09. The van der Waals surface area contributed by atoms with Crippen LogP contribution in [0.2, 0.25) is 0 Å². The minimum Gasteiger partial charge on any atom is -0.493 e. The molecule has 2 heterocycles. The first-order valence-corrected chi connectivity index (χ1v) is 10.8. The van der Waals surface area contributed by atoms with Gasteiger partial charge in [-0.2, -0.15) is 0 Å². The molecule has 2 N–H and O–H groups in total. The molecule has 0 spiro atoms. The van der Waals surface area contributed by atoms with Gasteiger partial charge < -0.3 is 15.2 Å². The van der Waals surface area contributed by atoms with Gasteiger partial charge in [0.15, 0.2) is 0 Å². The Balaban J connectivity index is 1.83. The van der Waals surface area contributed by atoms with E-state index in [-0.39, 0.29) is 18.9 Å². The summed E-state index contributed by atoms with van der Waals surface area (Å²) in [5.41, 5.74) is 1.93. The Morgan fingerprint density at radius 1 is 1.28 bits per heavy atom. The van der Waals surface area contributed by atoms with E-state index < -0.39 is 5.97 Å². The quantitative estimate of drug-likeness (QED) is 0.777. The molecule has 0 saturated heterocycles. The van der Waals surface area contributed by atoms with Crippen molar-refractivity contribution >= 4 is 23.2 Å². The lowest BCUT2D eigenvalue weighted by Gasteiger charge is -2.22. The van der Waals surface area contributed by atoms with Crippen molar-refractivity contribution in [3.8, 4) is 5.75 Å². The molecule has 7 nitrogen and oxygen atoms in total. The highest BCUT2D eigenvalue weighted by Crippen LogP contribution is 2.24. The summed E-state index contributed by atoms with van der Waals surface area (Å²) in [4.78, 5) is 29.7. The zero-order chi connectivity index (χ0) is 20.5. The molecule has 0 fully saturated rings. The van der Waals surface area contributed by atoms with Gasteiger partial charge in [0.2, 0.25) is 5.91 Å². The first kappa shape index (κ1) is 21.3. The zero-order valence-electron chi connectivity index (χ0n) is 16.4. The maximum atomic E-state index is 12.4. The van der Waals surface area contributed by atoms with E-state index in [4.69, 9.17) is 9.84 Å². The topological polar surface area (TPSA) is 91.8 Å². The summed E-state index contributed by atoms with van der Waals surface area (Å²) in [5.74, 6) is -0.00879. The number of carbonyl (C=O) groups excluding carboxylic acids is 1.